The normalized spacial score (nSPS) is 21.6. The van der Waals surface area contributed by atoms with Crippen LogP contribution in [0.3, 0.4) is 0 Å². The summed E-state index contributed by atoms with van der Waals surface area (Å²) >= 11 is 0. The molecule has 0 saturated carbocycles. The fourth-order valence-corrected chi connectivity index (χ4v) is 5.31. The molecule has 5 heteroatoms. The molecule has 1 fully saturated rings. The molecule has 2 heterocycles. The predicted molar refractivity (Wildman–Crippen MR) is 133 cm³/mol. The lowest BCUT2D eigenvalue weighted by molar-refractivity contribution is -0.160. The van der Waals surface area contributed by atoms with Crippen LogP contribution in [0, 0.1) is 6.92 Å². The average Bonchev–Trinajstić information content (AvgIpc) is 3.04. The molecule has 1 saturated heterocycles. The summed E-state index contributed by atoms with van der Waals surface area (Å²) in [4.78, 5) is 11.8. The van der Waals surface area contributed by atoms with Crippen LogP contribution in [0.2, 0.25) is 0 Å². The number of fused-ring (bicyclic) bond motifs is 1. The number of carbonyl (C=O) groups excluding carboxylic acids is 1. The van der Waals surface area contributed by atoms with Gasteiger partial charge in [-0.25, -0.2) is 0 Å². The first kappa shape index (κ1) is 24.6. The van der Waals surface area contributed by atoms with E-state index in [-0.39, 0.29) is 29.5 Å². The van der Waals surface area contributed by atoms with E-state index in [4.69, 9.17) is 14.2 Å². The number of hydrogen-bond acceptors (Lipinski definition) is 5. The molecule has 2 atom stereocenters. The number of aliphatic hydroxyl groups is 1. The van der Waals surface area contributed by atoms with Crippen molar-refractivity contribution in [3.63, 3.8) is 0 Å². The zero-order valence-corrected chi connectivity index (χ0v) is 21.4. The molecule has 2 aromatic carbocycles. The van der Waals surface area contributed by atoms with Gasteiger partial charge in [-0.05, 0) is 50.2 Å². The number of esters is 1. The van der Waals surface area contributed by atoms with Crippen molar-refractivity contribution >= 4 is 5.97 Å². The van der Waals surface area contributed by atoms with Crippen molar-refractivity contribution in [2.45, 2.75) is 103 Å². The Morgan fingerprint density at radius 1 is 1.18 bits per heavy atom. The van der Waals surface area contributed by atoms with E-state index < -0.39 is 6.10 Å². The first-order valence-corrected chi connectivity index (χ1v) is 12.4. The summed E-state index contributed by atoms with van der Waals surface area (Å²) in [5, 5.41) is 10.0. The maximum absolute atomic E-state index is 11.8. The zero-order valence-electron chi connectivity index (χ0n) is 21.4. The number of benzene rings is 2. The number of rotatable bonds is 6. The molecule has 1 N–H and O–H groups in total. The summed E-state index contributed by atoms with van der Waals surface area (Å²) in [6, 6.07) is 10.2. The van der Waals surface area contributed by atoms with Crippen LogP contribution in [0.4, 0.5) is 0 Å². The van der Waals surface area contributed by atoms with Crippen LogP contribution in [-0.2, 0) is 34.4 Å². The van der Waals surface area contributed by atoms with E-state index in [0.29, 0.717) is 25.9 Å². The highest BCUT2D eigenvalue weighted by Crippen LogP contribution is 2.50. The van der Waals surface area contributed by atoms with E-state index in [9.17, 15) is 9.90 Å². The van der Waals surface area contributed by atoms with E-state index in [2.05, 4.69) is 53.7 Å². The Balaban J connectivity index is 1.73. The van der Waals surface area contributed by atoms with Crippen LogP contribution in [0.15, 0.2) is 30.3 Å². The van der Waals surface area contributed by atoms with Crippen molar-refractivity contribution in [1.29, 1.82) is 0 Å². The minimum atomic E-state index is -0.624. The van der Waals surface area contributed by atoms with E-state index in [1.54, 1.807) is 0 Å². The Labute approximate surface area is 203 Å². The van der Waals surface area contributed by atoms with E-state index >= 15 is 0 Å². The molecule has 184 valence electrons. The maximum atomic E-state index is 11.8. The molecule has 2 aliphatic heterocycles. The summed E-state index contributed by atoms with van der Waals surface area (Å²) in [5.41, 5.74) is 5.35. The molecule has 2 aromatic rings. The highest BCUT2D eigenvalue weighted by atomic mass is 16.5. The maximum Gasteiger partial charge on any atom is 0.308 e. The molecule has 4 rings (SSSR count). The lowest BCUT2D eigenvalue weighted by Crippen LogP contribution is -2.32. The Hall–Kier alpha value is -2.53. The van der Waals surface area contributed by atoms with Crippen molar-refractivity contribution in [2.24, 2.45) is 0 Å². The Morgan fingerprint density at radius 2 is 1.88 bits per heavy atom. The SMILES string of the molecule is Cc1c(CC[C@@H]2C[C@@H](O)CC(=O)O2)c2c(c(C(C)(C)C)c1OCc1ccccc1)CC(C)(C)O2. The van der Waals surface area contributed by atoms with Gasteiger partial charge >= 0.3 is 5.97 Å². The number of aliphatic hydroxyl groups excluding tert-OH is 1. The smallest absolute Gasteiger partial charge is 0.308 e. The van der Waals surface area contributed by atoms with Crippen molar-refractivity contribution in [3.8, 4) is 11.5 Å². The van der Waals surface area contributed by atoms with Crippen LogP contribution in [0.1, 0.15) is 81.7 Å². The van der Waals surface area contributed by atoms with Gasteiger partial charge in [-0.1, -0.05) is 51.1 Å². The largest absolute Gasteiger partial charge is 0.488 e. The van der Waals surface area contributed by atoms with Gasteiger partial charge in [0.1, 0.15) is 29.8 Å². The lowest BCUT2D eigenvalue weighted by Gasteiger charge is -2.30. The van der Waals surface area contributed by atoms with Gasteiger partial charge in [0.25, 0.3) is 0 Å². The number of ether oxygens (including phenoxy) is 3. The summed E-state index contributed by atoms with van der Waals surface area (Å²) < 4.78 is 18.6. The van der Waals surface area contributed by atoms with Crippen molar-refractivity contribution in [1.82, 2.24) is 0 Å². The van der Waals surface area contributed by atoms with Crippen LogP contribution >= 0.6 is 0 Å². The monoisotopic (exact) mass is 466 g/mol. The number of hydrogen-bond donors (Lipinski definition) is 1. The third-order valence-corrected chi connectivity index (χ3v) is 6.78. The molecule has 0 spiro atoms. The van der Waals surface area contributed by atoms with Gasteiger partial charge in [-0.2, -0.15) is 0 Å². The molecule has 0 bridgehead atoms. The van der Waals surface area contributed by atoms with Crippen molar-refractivity contribution < 1.29 is 24.1 Å². The van der Waals surface area contributed by atoms with E-state index in [1.807, 2.05) is 18.2 Å². The first-order chi connectivity index (χ1) is 15.9. The molecule has 0 aromatic heterocycles. The molecular formula is C29H38O5. The zero-order chi connectivity index (χ0) is 24.7. The summed E-state index contributed by atoms with van der Waals surface area (Å²) in [7, 11) is 0. The molecule has 0 radical (unpaired) electrons. The lowest BCUT2D eigenvalue weighted by atomic mass is 9.78. The van der Waals surface area contributed by atoms with Gasteiger partial charge in [-0.3, -0.25) is 4.79 Å². The van der Waals surface area contributed by atoms with Gasteiger partial charge in [0.15, 0.2) is 0 Å². The third kappa shape index (κ3) is 5.25. The molecule has 0 unspecified atom stereocenters. The molecule has 0 amide bonds. The molecule has 34 heavy (non-hydrogen) atoms. The third-order valence-electron chi connectivity index (χ3n) is 6.78. The highest BCUT2D eigenvalue weighted by Gasteiger charge is 2.40. The number of cyclic esters (lactones) is 1. The predicted octanol–water partition coefficient (Wildman–Crippen LogP) is 5.58. The van der Waals surface area contributed by atoms with E-state index in [1.165, 1.54) is 11.1 Å². The number of carbonyl (C=O) groups is 1. The first-order valence-electron chi connectivity index (χ1n) is 12.4. The summed E-state index contributed by atoms with van der Waals surface area (Å²) in [6.07, 6.45) is 1.82. The Morgan fingerprint density at radius 3 is 2.53 bits per heavy atom. The molecule has 2 aliphatic rings. The second kappa shape index (κ2) is 9.26. The molecular weight excluding hydrogens is 428 g/mol. The molecule has 0 aliphatic carbocycles. The fraction of sp³-hybridized carbons (Fsp3) is 0.552. The van der Waals surface area contributed by atoms with Crippen LogP contribution in [0.5, 0.6) is 11.5 Å². The standard InChI is InChI=1S/C29H38O5/c1-18-22(13-12-21-14-20(30)15-24(31)33-21)27-23(16-29(5,6)34-27)25(28(2,3)4)26(18)32-17-19-10-8-7-9-11-19/h7-11,20-21,30H,12-17H2,1-6H3/t20-,21-/m1/s1. The minimum absolute atomic E-state index is 0.0833. The Bertz CT molecular complexity index is 1050. The average molecular weight is 467 g/mol. The fourth-order valence-electron chi connectivity index (χ4n) is 5.31. The summed E-state index contributed by atoms with van der Waals surface area (Å²) in [5.74, 6) is 1.58. The second-order valence-corrected chi connectivity index (χ2v) is 11.4. The van der Waals surface area contributed by atoms with E-state index in [0.717, 1.165) is 34.6 Å². The Kier molecular flexibility index (Phi) is 6.69. The van der Waals surface area contributed by atoms with Crippen LogP contribution in [-0.4, -0.2) is 28.9 Å². The topological polar surface area (TPSA) is 65.0 Å². The van der Waals surface area contributed by atoms with Gasteiger partial charge in [-0.15, -0.1) is 0 Å². The van der Waals surface area contributed by atoms with Gasteiger partial charge in [0.2, 0.25) is 0 Å². The van der Waals surface area contributed by atoms with Crippen LogP contribution in [0.25, 0.3) is 0 Å². The minimum Gasteiger partial charge on any atom is -0.488 e. The summed E-state index contributed by atoms with van der Waals surface area (Å²) in [6.45, 7) is 13.5. The van der Waals surface area contributed by atoms with Crippen molar-refractivity contribution in [3.05, 3.63) is 58.1 Å². The van der Waals surface area contributed by atoms with Crippen LogP contribution < -0.4 is 9.47 Å². The van der Waals surface area contributed by atoms with Gasteiger partial charge in [0.05, 0.1) is 12.5 Å². The van der Waals surface area contributed by atoms with Gasteiger partial charge in [0, 0.05) is 29.5 Å². The second-order valence-electron chi connectivity index (χ2n) is 11.4. The molecule has 5 nitrogen and oxygen atoms in total. The van der Waals surface area contributed by atoms with Crippen molar-refractivity contribution in [2.75, 3.05) is 0 Å². The highest BCUT2D eigenvalue weighted by molar-refractivity contribution is 5.71. The quantitative estimate of drug-likeness (QED) is 0.563. The van der Waals surface area contributed by atoms with Gasteiger partial charge < -0.3 is 19.3 Å².